The Morgan fingerprint density at radius 3 is 2.56 bits per heavy atom. The van der Waals surface area contributed by atoms with Crippen molar-refractivity contribution in [1.82, 2.24) is 4.90 Å². The lowest BCUT2D eigenvalue weighted by molar-refractivity contribution is -0.129. The normalized spacial score (nSPS) is 19.2. The number of nitrogens with zero attached hydrogens (tertiary/aromatic N) is 1. The third kappa shape index (κ3) is 2.63. The first-order valence-electron chi connectivity index (χ1n) is 5.58. The molecule has 0 aliphatic carbocycles. The first-order valence-corrected chi connectivity index (χ1v) is 5.96. The summed E-state index contributed by atoms with van der Waals surface area (Å²) < 4.78 is 5.02. The van der Waals surface area contributed by atoms with Gasteiger partial charge in [-0.25, -0.2) is 9.69 Å². The fourth-order valence-electron chi connectivity index (χ4n) is 1.79. The van der Waals surface area contributed by atoms with Crippen molar-refractivity contribution in [1.29, 1.82) is 0 Å². The summed E-state index contributed by atoms with van der Waals surface area (Å²) in [5, 5.41) is 0.623. The van der Waals surface area contributed by atoms with Crippen molar-refractivity contribution < 1.29 is 14.3 Å². The fraction of sp³-hybridized carbons (Fsp3) is 0.333. The fourth-order valence-corrected chi connectivity index (χ4v) is 1.92. The Labute approximate surface area is 109 Å². The molecule has 1 fully saturated rings. The summed E-state index contributed by atoms with van der Waals surface area (Å²) in [6, 6.07) is 7.07. The van der Waals surface area contributed by atoms with Gasteiger partial charge < -0.3 is 10.5 Å². The summed E-state index contributed by atoms with van der Waals surface area (Å²) in [7, 11) is 0. The summed E-state index contributed by atoms with van der Waals surface area (Å²) in [6.45, 7) is 0.420. The number of imide groups is 1. The van der Waals surface area contributed by atoms with E-state index in [1.165, 1.54) is 0 Å². The van der Waals surface area contributed by atoms with Gasteiger partial charge in [0, 0.05) is 24.5 Å². The second kappa shape index (κ2) is 5.37. The van der Waals surface area contributed by atoms with Gasteiger partial charge in [-0.1, -0.05) is 23.7 Å². The molecule has 2 amide bonds. The molecule has 18 heavy (non-hydrogen) atoms. The van der Waals surface area contributed by atoms with E-state index in [0.29, 0.717) is 11.4 Å². The minimum absolute atomic E-state index is 0.189. The van der Waals surface area contributed by atoms with Crippen LogP contribution in [0.5, 0.6) is 0 Å². The highest BCUT2D eigenvalue weighted by molar-refractivity contribution is 6.30. The molecule has 1 aromatic carbocycles. The predicted molar refractivity (Wildman–Crippen MR) is 66.2 cm³/mol. The third-order valence-electron chi connectivity index (χ3n) is 2.69. The Kier molecular flexibility index (Phi) is 3.84. The summed E-state index contributed by atoms with van der Waals surface area (Å²) in [4.78, 5) is 24.4. The van der Waals surface area contributed by atoms with Crippen LogP contribution in [0.15, 0.2) is 24.3 Å². The van der Waals surface area contributed by atoms with E-state index in [1.807, 2.05) is 0 Å². The van der Waals surface area contributed by atoms with Crippen LogP contribution in [0.1, 0.15) is 5.56 Å². The van der Waals surface area contributed by atoms with Crippen LogP contribution >= 0.6 is 11.6 Å². The first-order chi connectivity index (χ1) is 8.61. The molecule has 1 aliphatic rings. The van der Waals surface area contributed by atoms with Crippen LogP contribution in [-0.4, -0.2) is 36.1 Å². The van der Waals surface area contributed by atoms with E-state index in [1.54, 1.807) is 24.3 Å². The van der Waals surface area contributed by atoms with Crippen LogP contribution in [-0.2, 0) is 16.0 Å². The van der Waals surface area contributed by atoms with Crippen molar-refractivity contribution in [2.24, 2.45) is 5.73 Å². The van der Waals surface area contributed by atoms with Gasteiger partial charge in [0.15, 0.2) is 6.10 Å². The zero-order valence-corrected chi connectivity index (χ0v) is 10.4. The number of nitrogens with two attached hydrogens (primary N) is 1. The summed E-state index contributed by atoms with van der Waals surface area (Å²) in [5.74, 6) is -0.333. The van der Waals surface area contributed by atoms with Gasteiger partial charge in [-0.3, -0.25) is 4.79 Å². The highest BCUT2D eigenvalue weighted by Crippen LogP contribution is 2.18. The zero-order valence-electron chi connectivity index (χ0n) is 9.64. The number of benzene rings is 1. The van der Waals surface area contributed by atoms with Crippen LogP contribution in [0.2, 0.25) is 5.02 Å². The highest BCUT2D eigenvalue weighted by Gasteiger charge is 2.39. The molecule has 0 bridgehead atoms. The smallest absolute Gasteiger partial charge is 0.417 e. The first kappa shape index (κ1) is 12.9. The maximum Gasteiger partial charge on any atom is 0.417 e. The van der Waals surface area contributed by atoms with E-state index in [2.05, 4.69) is 0 Å². The number of hydrogen-bond acceptors (Lipinski definition) is 4. The lowest BCUT2D eigenvalue weighted by Gasteiger charge is -2.09. The van der Waals surface area contributed by atoms with Crippen molar-refractivity contribution in [2.45, 2.75) is 12.5 Å². The number of hydrogen-bond donors (Lipinski definition) is 1. The molecular weight excluding hydrogens is 256 g/mol. The van der Waals surface area contributed by atoms with E-state index >= 15 is 0 Å². The maximum absolute atomic E-state index is 11.9. The van der Waals surface area contributed by atoms with Crippen molar-refractivity contribution in [3.8, 4) is 0 Å². The van der Waals surface area contributed by atoms with Crippen LogP contribution < -0.4 is 5.73 Å². The molecule has 2 rings (SSSR count). The van der Waals surface area contributed by atoms with Gasteiger partial charge in [0.05, 0.1) is 0 Å². The second-order valence-corrected chi connectivity index (χ2v) is 4.42. The van der Waals surface area contributed by atoms with Gasteiger partial charge in [0.25, 0.3) is 5.91 Å². The van der Waals surface area contributed by atoms with Gasteiger partial charge in [-0.05, 0) is 17.7 Å². The van der Waals surface area contributed by atoms with Gasteiger partial charge in [-0.2, -0.15) is 0 Å². The van der Waals surface area contributed by atoms with Crippen LogP contribution in [0, 0.1) is 0 Å². The molecule has 0 aromatic heterocycles. The topological polar surface area (TPSA) is 72.6 Å². The summed E-state index contributed by atoms with van der Waals surface area (Å²) in [5.41, 5.74) is 6.22. The average Bonchev–Trinajstić information content (AvgIpc) is 2.60. The van der Waals surface area contributed by atoms with Gasteiger partial charge >= 0.3 is 6.09 Å². The molecule has 96 valence electrons. The maximum atomic E-state index is 11.9. The van der Waals surface area contributed by atoms with Crippen molar-refractivity contribution >= 4 is 23.6 Å². The van der Waals surface area contributed by atoms with Gasteiger partial charge in [0.2, 0.25) is 0 Å². The van der Waals surface area contributed by atoms with Crippen LogP contribution in [0.4, 0.5) is 4.79 Å². The van der Waals surface area contributed by atoms with Crippen molar-refractivity contribution in [3.05, 3.63) is 34.9 Å². The quantitative estimate of drug-likeness (QED) is 0.890. The molecule has 0 saturated carbocycles. The molecule has 1 aromatic rings. The largest absolute Gasteiger partial charge is 0.435 e. The van der Waals surface area contributed by atoms with Gasteiger partial charge in [0.1, 0.15) is 0 Å². The number of carbonyl (C=O) groups is 2. The van der Waals surface area contributed by atoms with Crippen molar-refractivity contribution in [3.63, 3.8) is 0 Å². The molecule has 5 nitrogen and oxygen atoms in total. The SMILES string of the molecule is NCCN1C(=O)OC(Cc2ccc(Cl)cc2)C1=O. The molecule has 2 N–H and O–H groups in total. The monoisotopic (exact) mass is 268 g/mol. The molecule has 1 heterocycles. The minimum Gasteiger partial charge on any atom is -0.435 e. The van der Waals surface area contributed by atoms with E-state index in [9.17, 15) is 9.59 Å². The molecule has 1 atom stereocenters. The lowest BCUT2D eigenvalue weighted by atomic mass is 10.1. The van der Waals surface area contributed by atoms with E-state index < -0.39 is 12.2 Å². The highest BCUT2D eigenvalue weighted by atomic mass is 35.5. The Hall–Kier alpha value is -1.59. The Morgan fingerprint density at radius 1 is 1.28 bits per heavy atom. The summed E-state index contributed by atoms with van der Waals surface area (Å²) >= 11 is 5.77. The molecule has 0 radical (unpaired) electrons. The molecule has 1 aliphatic heterocycles. The Bertz CT molecular complexity index is 461. The number of amides is 2. The zero-order chi connectivity index (χ0) is 13.1. The number of halogens is 1. The standard InChI is InChI=1S/C12H13ClN2O3/c13-9-3-1-8(2-4-9)7-10-11(16)15(6-5-14)12(17)18-10/h1-4,10H,5-7,14H2. The number of carbonyl (C=O) groups excluding carboxylic acids is 2. The van der Waals surface area contributed by atoms with Crippen LogP contribution in [0.25, 0.3) is 0 Å². The average molecular weight is 269 g/mol. The van der Waals surface area contributed by atoms with E-state index in [4.69, 9.17) is 22.1 Å². The molecule has 6 heteroatoms. The molecule has 1 saturated heterocycles. The number of cyclic esters (lactones) is 1. The Morgan fingerprint density at radius 2 is 1.94 bits per heavy atom. The van der Waals surface area contributed by atoms with Crippen molar-refractivity contribution in [2.75, 3.05) is 13.1 Å². The third-order valence-corrected chi connectivity index (χ3v) is 2.94. The molecule has 1 unspecified atom stereocenters. The van der Waals surface area contributed by atoms with Gasteiger partial charge in [-0.15, -0.1) is 0 Å². The lowest BCUT2D eigenvalue weighted by Crippen LogP contribution is -2.36. The van der Waals surface area contributed by atoms with E-state index in [0.717, 1.165) is 10.5 Å². The number of ether oxygens (including phenoxy) is 1. The Balaban J connectivity index is 2.05. The van der Waals surface area contributed by atoms with Crippen LogP contribution in [0.3, 0.4) is 0 Å². The van der Waals surface area contributed by atoms with E-state index in [-0.39, 0.29) is 19.0 Å². The molecule has 0 spiro atoms. The predicted octanol–water partition coefficient (Wildman–Crippen LogP) is 1.19. The molecular formula is C12H13ClN2O3. The minimum atomic E-state index is -0.759. The second-order valence-electron chi connectivity index (χ2n) is 3.98. The summed E-state index contributed by atoms with van der Waals surface area (Å²) in [6.07, 6.45) is -1.03. The number of rotatable bonds is 4.